The van der Waals surface area contributed by atoms with Crippen LogP contribution >= 0.6 is 0 Å². The van der Waals surface area contributed by atoms with Crippen molar-refractivity contribution in [3.63, 3.8) is 0 Å². The molecular formula is C17H28O4. The first-order valence-corrected chi connectivity index (χ1v) is 7.30. The zero-order valence-electron chi connectivity index (χ0n) is 14.0. The van der Waals surface area contributed by atoms with E-state index in [2.05, 4.69) is 13.2 Å². The number of hydrogen-bond acceptors (Lipinski definition) is 4. The minimum Gasteiger partial charge on any atom is -0.459 e. The highest BCUT2D eigenvalue weighted by atomic mass is 16.6. The van der Waals surface area contributed by atoms with Crippen LogP contribution in [0.5, 0.6) is 0 Å². The summed E-state index contributed by atoms with van der Waals surface area (Å²) in [5, 5.41) is 0. The molecule has 0 saturated carbocycles. The van der Waals surface area contributed by atoms with Gasteiger partial charge in [0.05, 0.1) is 6.10 Å². The largest absolute Gasteiger partial charge is 0.459 e. The summed E-state index contributed by atoms with van der Waals surface area (Å²) in [7, 11) is 0. The maximum Gasteiger partial charge on any atom is 0.333 e. The number of carbonyl (C=O) groups is 2. The van der Waals surface area contributed by atoms with Crippen LogP contribution in [0.3, 0.4) is 0 Å². The summed E-state index contributed by atoms with van der Waals surface area (Å²) < 4.78 is 10.6. The summed E-state index contributed by atoms with van der Waals surface area (Å²) in [6, 6.07) is 0. The standard InChI is InChI=1S/C17H28O4/c1-12(2)15(18)20-14(5)10-8-9-11-17(6,7)21-16(19)13(3)4/h14H,1,3,8-11H2,2,4-7H3. The molecule has 1 atom stereocenters. The Morgan fingerprint density at radius 2 is 1.57 bits per heavy atom. The molecule has 0 amide bonds. The zero-order chi connectivity index (χ0) is 16.6. The van der Waals surface area contributed by atoms with Gasteiger partial charge in [0.1, 0.15) is 5.60 Å². The molecule has 4 nitrogen and oxygen atoms in total. The van der Waals surface area contributed by atoms with Gasteiger partial charge in [0, 0.05) is 11.1 Å². The monoisotopic (exact) mass is 296 g/mol. The van der Waals surface area contributed by atoms with Crippen molar-refractivity contribution in [3.8, 4) is 0 Å². The second kappa shape index (κ2) is 8.65. The Morgan fingerprint density at radius 1 is 1.05 bits per heavy atom. The third-order valence-electron chi connectivity index (χ3n) is 3.01. The molecule has 0 N–H and O–H groups in total. The van der Waals surface area contributed by atoms with E-state index in [9.17, 15) is 9.59 Å². The van der Waals surface area contributed by atoms with Crippen LogP contribution in [0.15, 0.2) is 24.3 Å². The van der Waals surface area contributed by atoms with Gasteiger partial charge in [0.25, 0.3) is 0 Å². The van der Waals surface area contributed by atoms with Crippen LogP contribution in [0.25, 0.3) is 0 Å². The summed E-state index contributed by atoms with van der Waals surface area (Å²) in [4.78, 5) is 22.8. The van der Waals surface area contributed by atoms with Crippen molar-refractivity contribution in [2.75, 3.05) is 0 Å². The second-order valence-electron chi connectivity index (χ2n) is 6.17. The van der Waals surface area contributed by atoms with Crippen molar-refractivity contribution in [1.29, 1.82) is 0 Å². The predicted molar refractivity (Wildman–Crippen MR) is 83.8 cm³/mol. The lowest BCUT2D eigenvalue weighted by Crippen LogP contribution is -2.28. The normalized spacial score (nSPS) is 12.4. The van der Waals surface area contributed by atoms with Gasteiger partial charge < -0.3 is 9.47 Å². The molecule has 0 spiro atoms. The van der Waals surface area contributed by atoms with Crippen molar-refractivity contribution in [2.45, 2.75) is 72.0 Å². The van der Waals surface area contributed by atoms with Crippen molar-refractivity contribution in [3.05, 3.63) is 24.3 Å². The van der Waals surface area contributed by atoms with Gasteiger partial charge in [0.15, 0.2) is 0 Å². The van der Waals surface area contributed by atoms with E-state index in [0.29, 0.717) is 11.1 Å². The summed E-state index contributed by atoms with van der Waals surface area (Å²) in [6.45, 7) is 16.0. The Balaban J connectivity index is 3.98. The number of rotatable bonds is 9. The molecule has 120 valence electrons. The van der Waals surface area contributed by atoms with Crippen LogP contribution in [0.2, 0.25) is 0 Å². The second-order valence-corrected chi connectivity index (χ2v) is 6.17. The Labute approximate surface area is 128 Å². The smallest absolute Gasteiger partial charge is 0.333 e. The lowest BCUT2D eigenvalue weighted by molar-refractivity contribution is -0.152. The third-order valence-corrected chi connectivity index (χ3v) is 3.01. The molecule has 0 aliphatic heterocycles. The van der Waals surface area contributed by atoms with Gasteiger partial charge >= 0.3 is 11.9 Å². The number of hydrogen-bond donors (Lipinski definition) is 0. The summed E-state index contributed by atoms with van der Waals surface area (Å²) in [5.74, 6) is -0.707. The van der Waals surface area contributed by atoms with Gasteiger partial charge in [-0.2, -0.15) is 0 Å². The van der Waals surface area contributed by atoms with Crippen LogP contribution in [-0.2, 0) is 19.1 Å². The molecule has 0 bridgehead atoms. The van der Waals surface area contributed by atoms with Gasteiger partial charge in [-0.1, -0.05) is 13.2 Å². The van der Waals surface area contributed by atoms with E-state index in [1.807, 2.05) is 20.8 Å². The first kappa shape index (κ1) is 19.4. The van der Waals surface area contributed by atoms with Crippen LogP contribution in [0.1, 0.15) is 60.3 Å². The lowest BCUT2D eigenvalue weighted by Gasteiger charge is -2.25. The molecule has 0 aromatic rings. The molecule has 0 rings (SSSR count). The minimum absolute atomic E-state index is 0.129. The first-order valence-electron chi connectivity index (χ1n) is 7.30. The van der Waals surface area contributed by atoms with Gasteiger partial charge in [-0.25, -0.2) is 9.59 Å². The Kier molecular flexibility index (Phi) is 8.00. The first-order chi connectivity index (χ1) is 9.55. The number of carbonyl (C=O) groups excluding carboxylic acids is 2. The van der Waals surface area contributed by atoms with Crippen molar-refractivity contribution < 1.29 is 19.1 Å². The quantitative estimate of drug-likeness (QED) is 0.367. The van der Waals surface area contributed by atoms with Gasteiger partial charge in [-0.3, -0.25) is 0 Å². The molecule has 0 heterocycles. The van der Waals surface area contributed by atoms with E-state index in [1.165, 1.54) is 0 Å². The lowest BCUT2D eigenvalue weighted by atomic mass is 9.99. The highest BCUT2D eigenvalue weighted by Gasteiger charge is 2.22. The maximum atomic E-state index is 11.5. The molecule has 0 saturated heterocycles. The van der Waals surface area contributed by atoms with Crippen molar-refractivity contribution in [2.24, 2.45) is 0 Å². The van der Waals surface area contributed by atoms with Crippen molar-refractivity contribution in [1.82, 2.24) is 0 Å². The van der Waals surface area contributed by atoms with Crippen molar-refractivity contribution >= 4 is 11.9 Å². The number of esters is 2. The highest BCUT2D eigenvalue weighted by Crippen LogP contribution is 2.20. The third kappa shape index (κ3) is 9.05. The molecule has 4 heteroatoms. The Hall–Kier alpha value is -1.58. The fraction of sp³-hybridized carbons (Fsp3) is 0.647. The molecule has 0 aromatic carbocycles. The Bertz CT molecular complexity index is 407. The number of unbranched alkanes of at least 4 members (excludes halogenated alkanes) is 1. The molecule has 0 aromatic heterocycles. The topological polar surface area (TPSA) is 52.6 Å². The van der Waals surface area contributed by atoms with E-state index >= 15 is 0 Å². The van der Waals surface area contributed by atoms with Gasteiger partial charge in [0.2, 0.25) is 0 Å². The maximum absolute atomic E-state index is 11.5. The predicted octanol–water partition coefficient (Wildman–Crippen LogP) is 3.95. The molecule has 21 heavy (non-hydrogen) atoms. The average Bonchev–Trinajstić information content (AvgIpc) is 2.33. The summed E-state index contributed by atoms with van der Waals surface area (Å²) in [6.07, 6.45) is 3.20. The van der Waals surface area contributed by atoms with E-state index in [4.69, 9.17) is 9.47 Å². The van der Waals surface area contributed by atoms with E-state index in [1.54, 1.807) is 13.8 Å². The molecule has 0 aliphatic rings. The average molecular weight is 296 g/mol. The number of ether oxygens (including phenoxy) is 2. The molecule has 0 radical (unpaired) electrons. The molecule has 1 unspecified atom stereocenters. The van der Waals surface area contributed by atoms with E-state index in [-0.39, 0.29) is 18.0 Å². The zero-order valence-corrected chi connectivity index (χ0v) is 14.0. The van der Waals surface area contributed by atoms with Crippen LogP contribution in [0, 0.1) is 0 Å². The molecule has 0 fully saturated rings. The Morgan fingerprint density at radius 3 is 2.05 bits per heavy atom. The van der Waals surface area contributed by atoms with Crippen LogP contribution < -0.4 is 0 Å². The van der Waals surface area contributed by atoms with Gasteiger partial charge in [-0.05, 0) is 60.3 Å². The van der Waals surface area contributed by atoms with Crippen LogP contribution in [-0.4, -0.2) is 23.6 Å². The van der Waals surface area contributed by atoms with E-state index in [0.717, 1.165) is 25.7 Å². The van der Waals surface area contributed by atoms with Crippen LogP contribution in [0.4, 0.5) is 0 Å². The molecule has 0 aliphatic carbocycles. The highest BCUT2D eigenvalue weighted by molar-refractivity contribution is 5.87. The van der Waals surface area contributed by atoms with Gasteiger partial charge in [-0.15, -0.1) is 0 Å². The summed E-state index contributed by atoms with van der Waals surface area (Å²) >= 11 is 0. The fourth-order valence-corrected chi connectivity index (χ4v) is 1.71. The molecular weight excluding hydrogens is 268 g/mol. The SMILES string of the molecule is C=C(C)C(=O)OC(C)CCCCC(C)(C)OC(=O)C(=C)C. The van der Waals surface area contributed by atoms with E-state index < -0.39 is 5.60 Å². The fourth-order valence-electron chi connectivity index (χ4n) is 1.71. The minimum atomic E-state index is -0.506. The summed E-state index contributed by atoms with van der Waals surface area (Å²) in [5.41, 5.74) is 0.311.